The molecule has 1 aliphatic heterocycles. The van der Waals surface area contributed by atoms with Crippen LogP contribution in [0.1, 0.15) is 30.1 Å². The summed E-state index contributed by atoms with van der Waals surface area (Å²) in [5.41, 5.74) is 1.93. The third-order valence-corrected chi connectivity index (χ3v) is 6.82. The zero-order valence-electron chi connectivity index (χ0n) is 17.0. The van der Waals surface area contributed by atoms with E-state index in [1.54, 1.807) is 42.5 Å². The molecule has 0 radical (unpaired) electrons. The van der Waals surface area contributed by atoms with E-state index in [1.165, 1.54) is 7.11 Å². The van der Waals surface area contributed by atoms with Crippen LogP contribution in [0, 0.1) is 12.8 Å². The maximum absolute atomic E-state index is 13.0. The second kappa shape index (κ2) is 9.30. The molecule has 1 heterocycles. The number of amides is 1. The summed E-state index contributed by atoms with van der Waals surface area (Å²) in [5, 5.41) is 2.78. The van der Waals surface area contributed by atoms with Crippen LogP contribution in [-0.4, -0.2) is 38.9 Å². The van der Waals surface area contributed by atoms with Gasteiger partial charge >= 0.3 is 5.97 Å². The van der Waals surface area contributed by atoms with Crippen molar-refractivity contribution in [2.75, 3.05) is 23.9 Å². The van der Waals surface area contributed by atoms with Crippen molar-refractivity contribution in [3.8, 4) is 5.75 Å². The standard InChI is InChI=1S/C22H25NO6S/c1-15-8-9-19(28-2)18(12-15)23-22(25)21(17-6-4-3-5-7-17)29-20(24)13-16-10-11-30(26,27)14-16/h3-9,12,16,21H,10-11,13-14H2,1-2H3,(H,23,25)/t16-,21-/m0/s1. The normalized spacial score (nSPS) is 18.4. The summed E-state index contributed by atoms with van der Waals surface area (Å²) in [6.45, 7) is 1.89. The first-order valence-corrected chi connectivity index (χ1v) is 11.5. The molecule has 8 heteroatoms. The molecule has 2 aromatic rings. The monoisotopic (exact) mass is 431 g/mol. The molecule has 1 aliphatic rings. The van der Waals surface area contributed by atoms with Gasteiger partial charge in [-0.3, -0.25) is 9.59 Å². The number of nitrogens with one attached hydrogen (secondary N) is 1. The van der Waals surface area contributed by atoms with Crippen molar-refractivity contribution < 1.29 is 27.5 Å². The van der Waals surface area contributed by atoms with E-state index in [2.05, 4.69) is 5.32 Å². The van der Waals surface area contributed by atoms with E-state index in [-0.39, 0.29) is 23.8 Å². The third-order valence-electron chi connectivity index (χ3n) is 4.98. The fourth-order valence-electron chi connectivity index (χ4n) is 3.47. The van der Waals surface area contributed by atoms with Crippen molar-refractivity contribution in [3.05, 3.63) is 59.7 Å². The highest BCUT2D eigenvalue weighted by atomic mass is 32.2. The Bertz CT molecular complexity index is 1020. The van der Waals surface area contributed by atoms with Crippen molar-refractivity contribution in [2.24, 2.45) is 5.92 Å². The van der Waals surface area contributed by atoms with Crippen LogP contribution in [0.25, 0.3) is 0 Å². The quantitative estimate of drug-likeness (QED) is 0.677. The highest BCUT2D eigenvalue weighted by Gasteiger charge is 2.32. The summed E-state index contributed by atoms with van der Waals surface area (Å²) in [6, 6.07) is 14.1. The number of hydrogen-bond donors (Lipinski definition) is 1. The molecule has 2 atom stereocenters. The van der Waals surface area contributed by atoms with E-state index in [0.717, 1.165) is 5.56 Å². The number of sulfone groups is 1. The van der Waals surface area contributed by atoms with Gasteiger partial charge in [0, 0.05) is 12.0 Å². The maximum atomic E-state index is 13.0. The van der Waals surface area contributed by atoms with Gasteiger partial charge in [-0.2, -0.15) is 0 Å². The van der Waals surface area contributed by atoms with Crippen LogP contribution >= 0.6 is 0 Å². The van der Waals surface area contributed by atoms with Gasteiger partial charge in [0.15, 0.2) is 9.84 Å². The number of anilines is 1. The smallest absolute Gasteiger partial charge is 0.307 e. The van der Waals surface area contributed by atoms with Crippen molar-refractivity contribution in [2.45, 2.75) is 25.9 Å². The molecule has 0 saturated carbocycles. The molecule has 1 amide bonds. The molecule has 30 heavy (non-hydrogen) atoms. The summed E-state index contributed by atoms with van der Waals surface area (Å²) < 4.78 is 34.1. The Morgan fingerprint density at radius 3 is 2.53 bits per heavy atom. The van der Waals surface area contributed by atoms with E-state index in [4.69, 9.17) is 9.47 Å². The van der Waals surface area contributed by atoms with Crippen LogP contribution < -0.4 is 10.1 Å². The predicted molar refractivity (Wildman–Crippen MR) is 113 cm³/mol. The zero-order chi connectivity index (χ0) is 21.7. The van der Waals surface area contributed by atoms with Gasteiger partial charge in [-0.05, 0) is 37.0 Å². The third kappa shape index (κ3) is 5.60. The summed E-state index contributed by atoms with van der Waals surface area (Å²) >= 11 is 0. The Hall–Kier alpha value is -2.87. The van der Waals surface area contributed by atoms with E-state index in [0.29, 0.717) is 23.4 Å². The lowest BCUT2D eigenvalue weighted by Crippen LogP contribution is -2.27. The lowest BCUT2D eigenvalue weighted by atomic mass is 10.1. The lowest BCUT2D eigenvalue weighted by Gasteiger charge is -2.20. The van der Waals surface area contributed by atoms with Gasteiger partial charge in [-0.25, -0.2) is 8.42 Å². The number of rotatable bonds is 7. The van der Waals surface area contributed by atoms with E-state index in [1.807, 2.05) is 13.0 Å². The van der Waals surface area contributed by atoms with Crippen LogP contribution in [0.5, 0.6) is 5.75 Å². The second-order valence-corrected chi connectivity index (χ2v) is 9.68. The topological polar surface area (TPSA) is 98.8 Å². The van der Waals surface area contributed by atoms with Crippen LogP contribution in [0.3, 0.4) is 0 Å². The Labute approximate surface area is 176 Å². The molecule has 7 nitrogen and oxygen atoms in total. The largest absolute Gasteiger partial charge is 0.495 e. The van der Waals surface area contributed by atoms with E-state index in [9.17, 15) is 18.0 Å². The molecule has 1 saturated heterocycles. The van der Waals surface area contributed by atoms with Gasteiger partial charge in [-0.1, -0.05) is 36.4 Å². The average Bonchev–Trinajstić information content (AvgIpc) is 3.05. The fourth-order valence-corrected chi connectivity index (χ4v) is 5.33. The predicted octanol–water partition coefficient (Wildman–Crippen LogP) is 3.05. The van der Waals surface area contributed by atoms with Crippen LogP contribution in [-0.2, 0) is 24.2 Å². The minimum absolute atomic E-state index is 0.0230. The lowest BCUT2D eigenvalue weighted by molar-refractivity contribution is -0.155. The Morgan fingerprint density at radius 2 is 1.90 bits per heavy atom. The van der Waals surface area contributed by atoms with Crippen LogP contribution in [0.2, 0.25) is 0 Å². The highest BCUT2D eigenvalue weighted by Crippen LogP contribution is 2.29. The molecule has 1 fully saturated rings. The average molecular weight is 432 g/mol. The molecular weight excluding hydrogens is 406 g/mol. The van der Waals surface area contributed by atoms with E-state index >= 15 is 0 Å². The maximum Gasteiger partial charge on any atom is 0.307 e. The second-order valence-electron chi connectivity index (χ2n) is 7.45. The molecular formula is C22H25NO6S. The van der Waals surface area contributed by atoms with Crippen molar-refractivity contribution in [1.29, 1.82) is 0 Å². The molecule has 0 unspecified atom stereocenters. The van der Waals surface area contributed by atoms with Gasteiger partial charge in [0.25, 0.3) is 5.91 Å². The Balaban J connectivity index is 1.77. The summed E-state index contributed by atoms with van der Waals surface area (Å²) in [4.78, 5) is 25.5. The minimum atomic E-state index is -3.09. The zero-order valence-corrected chi connectivity index (χ0v) is 17.8. The summed E-state index contributed by atoms with van der Waals surface area (Å²) in [6.07, 6.45) is -0.772. The summed E-state index contributed by atoms with van der Waals surface area (Å²) in [5.74, 6) is -0.845. The Kier molecular flexibility index (Phi) is 6.77. The fraction of sp³-hybridized carbons (Fsp3) is 0.364. The number of aryl methyl sites for hydroxylation is 1. The molecule has 1 N–H and O–H groups in total. The Morgan fingerprint density at radius 1 is 1.17 bits per heavy atom. The number of ether oxygens (including phenoxy) is 2. The molecule has 0 aliphatic carbocycles. The molecule has 160 valence electrons. The van der Waals surface area contributed by atoms with Gasteiger partial charge in [0.2, 0.25) is 6.10 Å². The molecule has 0 bridgehead atoms. The molecule has 3 rings (SSSR count). The SMILES string of the molecule is COc1ccc(C)cc1NC(=O)[C@@H](OC(=O)C[C@@H]1CCS(=O)(=O)C1)c1ccccc1. The van der Waals surface area contributed by atoms with Crippen LogP contribution in [0.15, 0.2) is 48.5 Å². The van der Waals surface area contributed by atoms with Crippen molar-refractivity contribution in [1.82, 2.24) is 0 Å². The number of hydrogen-bond acceptors (Lipinski definition) is 6. The first kappa shape index (κ1) is 21.8. The highest BCUT2D eigenvalue weighted by molar-refractivity contribution is 7.91. The molecule has 2 aromatic carbocycles. The summed E-state index contributed by atoms with van der Waals surface area (Å²) in [7, 11) is -1.59. The molecule has 0 spiro atoms. The van der Waals surface area contributed by atoms with Gasteiger partial charge < -0.3 is 14.8 Å². The number of methoxy groups -OCH3 is 1. The number of benzene rings is 2. The number of carbonyl (C=O) groups is 2. The van der Waals surface area contributed by atoms with Gasteiger partial charge in [0.1, 0.15) is 5.75 Å². The number of carbonyl (C=O) groups excluding carboxylic acids is 2. The van der Waals surface area contributed by atoms with Crippen molar-refractivity contribution in [3.63, 3.8) is 0 Å². The van der Waals surface area contributed by atoms with Crippen LogP contribution in [0.4, 0.5) is 5.69 Å². The molecule has 0 aromatic heterocycles. The number of esters is 1. The van der Waals surface area contributed by atoms with E-state index < -0.39 is 27.8 Å². The first-order valence-electron chi connectivity index (χ1n) is 9.68. The first-order chi connectivity index (χ1) is 14.3. The minimum Gasteiger partial charge on any atom is -0.495 e. The van der Waals surface area contributed by atoms with Gasteiger partial charge in [0.05, 0.1) is 24.3 Å². The van der Waals surface area contributed by atoms with Gasteiger partial charge in [-0.15, -0.1) is 0 Å². The van der Waals surface area contributed by atoms with Crippen molar-refractivity contribution >= 4 is 27.4 Å².